The van der Waals surface area contributed by atoms with Gasteiger partial charge in [-0.25, -0.2) is 0 Å². The Balaban J connectivity index is 3.57. The van der Waals surface area contributed by atoms with Crippen molar-refractivity contribution in [3.63, 3.8) is 0 Å². The summed E-state index contributed by atoms with van der Waals surface area (Å²) in [6.45, 7) is 0.139. The second kappa shape index (κ2) is 12.7. The number of rotatable bonds is 11. The van der Waals surface area contributed by atoms with E-state index in [1.165, 1.54) is 19.9 Å². The van der Waals surface area contributed by atoms with E-state index in [1.54, 1.807) is 0 Å². The van der Waals surface area contributed by atoms with E-state index < -0.39 is 12.1 Å². The summed E-state index contributed by atoms with van der Waals surface area (Å²) in [6, 6.07) is 0. The first kappa shape index (κ1) is 21.2. The summed E-state index contributed by atoms with van der Waals surface area (Å²) in [5.74, 6) is -1.77. The third-order valence-corrected chi connectivity index (χ3v) is 3.62. The molecule has 0 aromatic heterocycles. The van der Waals surface area contributed by atoms with E-state index in [1.807, 2.05) is 6.08 Å². The van der Waals surface area contributed by atoms with Gasteiger partial charge >= 0.3 is 12.1 Å². The molecule has 22 heavy (non-hydrogen) atoms. The Morgan fingerprint density at radius 2 is 1.55 bits per heavy atom. The van der Waals surface area contributed by atoms with Crippen LogP contribution in [0.2, 0.25) is 0 Å². The lowest BCUT2D eigenvalue weighted by Crippen LogP contribution is -2.38. The van der Waals surface area contributed by atoms with Crippen LogP contribution >= 0.6 is 15.9 Å². The zero-order valence-corrected chi connectivity index (χ0v) is 14.6. The first-order chi connectivity index (χ1) is 10.4. The van der Waals surface area contributed by atoms with Crippen LogP contribution in [0.25, 0.3) is 0 Å². The maximum Gasteiger partial charge on any atom is 0.471 e. The molecular weight excluding hydrogens is 359 g/mol. The molecule has 0 aliphatic carbocycles. The summed E-state index contributed by atoms with van der Waals surface area (Å²) in [4.78, 5) is 11.6. The first-order valence-electron chi connectivity index (χ1n) is 7.58. The smallest absolute Gasteiger partial charge is 0.338 e. The van der Waals surface area contributed by atoms with Gasteiger partial charge in [-0.2, -0.15) is 13.2 Å². The number of hydrogen-bond acceptors (Lipinski definition) is 1. The molecule has 1 amide bonds. The molecule has 0 saturated heterocycles. The van der Waals surface area contributed by atoms with Gasteiger partial charge in [0.05, 0.1) is 0 Å². The Bertz CT molecular complexity index is 354. The average Bonchev–Trinajstić information content (AvgIpc) is 2.46. The maximum atomic E-state index is 12.1. The molecule has 0 atom stereocenters. The molecule has 0 aliphatic heterocycles. The van der Waals surface area contributed by atoms with Gasteiger partial charge in [0.1, 0.15) is 0 Å². The van der Waals surface area contributed by atoms with Crippen LogP contribution in [0.4, 0.5) is 13.2 Å². The Labute approximate surface area is 139 Å². The molecule has 0 aromatic carbocycles. The normalized spacial score (nSPS) is 12.4. The van der Waals surface area contributed by atoms with Crippen LogP contribution in [0, 0.1) is 0 Å². The molecule has 0 aliphatic rings. The van der Waals surface area contributed by atoms with E-state index in [0.29, 0.717) is 6.42 Å². The monoisotopic (exact) mass is 383 g/mol. The SMILES string of the molecule is CN(CCCC/C=C/C/C=C/CCCCBr)C(=O)C(F)(F)F. The molecule has 0 unspecified atom stereocenters. The van der Waals surface area contributed by atoms with E-state index >= 15 is 0 Å². The molecule has 128 valence electrons. The van der Waals surface area contributed by atoms with Crippen LogP contribution in [-0.2, 0) is 4.79 Å². The van der Waals surface area contributed by atoms with Crippen molar-refractivity contribution in [3.05, 3.63) is 24.3 Å². The zero-order chi connectivity index (χ0) is 16.8. The minimum atomic E-state index is -4.77. The zero-order valence-electron chi connectivity index (χ0n) is 13.0. The molecule has 0 saturated carbocycles. The van der Waals surface area contributed by atoms with Crippen molar-refractivity contribution in [2.75, 3.05) is 18.9 Å². The van der Waals surface area contributed by atoms with E-state index in [0.717, 1.165) is 35.9 Å². The Morgan fingerprint density at radius 1 is 1.00 bits per heavy atom. The number of nitrogens with zero attached hydrogens (tertiary/aromatic N) is 1. The van der Waals surface area contributed by atoms with Crippen LogP contribution in [0.3, 0.4) is 0 Å². The first-order valence-corrected chi connectivity index (χ1v) is 8.70. The highest BCUT2D eigenvalue weighted by Crippen LogP contribution is 2.17. The molecule has 0 heterocycles. The number of carbonyl (C=O) groups excluding carboxylic acids is 1. The Hall–Kier alpha value is -0.780. The predicted octanol–water partition coefficient (Wildman–Crippen LogP) is 5.25. The molecule has 0 bridgehead atoms. The standard InChI is InChI=1S/C16H25BrF3NO/c1-21(15(22)16(18,19)20)14-12-10-8-6-4-2-3-5-7-9-11-13-17/h3-6H,2,7-14H2,1H3/b5-3+,6-4+. The maximum absolute atomic E-state index is 12.1. The van der Waals surface area contributed by atoms with Crippen molar-refractivity contribution in [1.29, 1.82) is 0 Å². The van der Waals surface area contributed by atoms with Gasteiger partial charge < -0.3 is 4.90 Å². The minimum Gasteiger partial charge on any atom is -0.338 e. The highest BCUT2D eigenvalue weighted by atomic mass is 79.9. The summed E-state index contributed by atoms with van der Waals surface area (Å²) in [6.07, 6.45) is 10.2. The number of halogens is 4. The van der Waals surface area contributed by atoms with Gasteiger partial charge in [0.2, 0.25) is 0 Å². The topological polar surface area (TPSA) is 20.3 Å². The van der Waals surface area contributed by atoms with Crippen LogP contribution in [0.15, 0.2) is 24.3 Å². The predicted molar refractivity (Wildman–Crippen MR) is 88.1 cm³/mol. The third-order valence-electron chi connectivity index (χ3n) is 3.06. The van der Waals surface area contributed by atoms with Crippen LogP contribution < -0.4 is 0 Å². The van der Waals surface area contributed by atoms with Crippen LogP contribution in [-0.4, -0.2) is 35.9 Å². The van der Waals surface area contributed by atoms with Gasteiger partial charge in [0.25, 0.3) is 0 Å². The fraction of sp³-hybridized carbons (Fsp3) is 0.688. The molecule has 0 N–H and O–H groups in total. The molecule has 2 nitrogen and oxygen atoms in total. The van der Waals surface area contributed by atoms with Gasteiger partial charge in [-0.05, 0) is 44.9 Å². The van der Waals surface area contributed by atoms with Crippen molar-refractivity contribution in [1.82, 2.24) is 4.90 Å². The fourth-order valence-corrected chi connectivity index (χ4v) is 2.19. The quantitative estimate of drug-likeness (QED) is 0.271. The summed E-state index contributed by atoms with van der Waals surface area (Å²) in [5, 5.41) is 1.05. The molecule has 0 radical (unpaired) electrons. The average molecular weight is 384 g/mol. The number of allylic oxidation sites excluding steroid dienone is 4. The minimum absolute atomic E-state index is 0.139. The Morgan fingerprint density at radius 3 is 2.05 bits per heavy atom. The summed E-state index contributed by atoms with van der Waals surface area (Å²) in [5.41, 5.74) is 0. The highest BCUT2D eigenvalue weighted by Gasteiger charge is 2.40. The molecule has 0 aromatic rings. The lowest BCUT2D eigenvalue weighted by molar-refractivity contribution is -0.184. The van der Waals surface area contributed by atoms with Crippen molar-refractivity contribution < 1.29 is 18.0 Å². The van der Waals surface area contributed by atoms with Gasteiger partial charge in [-0.15, -0.1) is 0 Å². The number of carbonyl (C=O) groups is 1. The summed E-state index contributed by atoms with van der Waals surface area (Å²) < 4.78 is 36.4. The van der Waals surface area contributed by atoms with Gasteiger partial charge in [0.15, 0.2) is 0 Å². The van der Waals surface area contributed by atoms with E-state index in [4.69, 9.17) is 0 Å². The number of amides is 1. The van der Waals surface area contributed by atoms with E-state index in [9.17, 15) is 18.0 Å². The lowest BCUT2D eigenvalue weighted by atomic mass is 10.2. The van der Waals surface area contributed by atoms with Crippen molar-refractivity contribution in [2.24, 2.45) is 0 Å². The van der Waals surface area contributed by atoms with Crippen LogP contribution in [0.5, 0.6) is 0 Å². The fourth-order valence-electron chi connectivity index (χ4n) is 1.79. The second-order valence-corrected chi connectivity index (χ2v) is 5.88. The lowest BCUT2D eigenvalue weighted by Gasteiger charge is -2.18. The largest absolute Gasteiger partial charge is 0.471 e. The summed E-state index contributed by atoms with van der Waals surface area (Å²) in [7, 11) is 1.19. The number of alkyl halides is 4. The van der Waals surface area contributed by atoms with Crippen LogP contribution in [0.1, 0.15) is 44.9 Å². The Kier molecular flexibility index (Phi) is 12.3. The van der Waals surface area contributed by atoms with Crippen molar-refractivity contribution in [2.45, 2.75) is 51.1 Å². The van der Waals surface area contributed by atoms with E-state index in [2.05, 4.69) is 34.2 Å². The summed E-state index contributed by atoms with van der Waals surface area (Å²) >= 11 is 3.39. The molecular formula is C16H25BrF3NO. The highest BCUT2D eigenvalue weighted by molar-refractivity contribution is 9.09. The second-order valence-electron chi connectivity index (χ2n) is 5.08. The van der Waals surface area contributed by atoms with Gasteiger partial charge in [-0.3, -0.25) is 4.79 Å². The van der Waals surface area contributed by atoms with Crippen molar-refractivity contribution in [3.8, 4) is 0 Å². The third kappa shape index (κ3) is 11.8. The molecule has 0 spiro atoms. The molecule has 6 heteroatoms. The number of unbranched alkanes of at least 4 members (excludes halogenated alkanes) is 4. The number of hydrogen-bond donors (Lipinski definition) is 0. The van der Waals surface area contributed by atoms with Gasteiger partial charge in [-0.1, -0.05) is 40.2 Å². The molecule has 0 rings (SSSR count). The molecule has 0 fully saturated rings. The van der Waals surface area contributed by atoms with Gasteiger partial charge in [0, 0.05) is 18.9 Å². The van der Waals surface area contributed by atoms with Crippen molar-refractivity contribution >= 4 is 21.8 Å². The van der Waals surface area contributed by atoms with E-state index in [-0.39, 0.29) is 6.54 Å².